The van der Waals surface area contributed by atoms with E-state index in [0.29, 0.717) is 5.56 Å². The molecule has 0 bridgehead atoms. The fourth-order valence-electron chi connectivity index (χ4n) is 2.00. The standard InChI is InChI=1S/C15H13BrN2O5S/c1-23-14(19)8-11(9-3-2-4-10(16)7-9)17-15(20)12-5-6-13(24-12)18(21)22/h2-7,11H,8H2,1H3,(H,17,20). The molecule has 24 heavy (non-hydrogen) atoms. The van der Waals surface area contributed by atoms with E-state index in [-0.39, 0.29) is 16.3 Å². The number of carbonyl (C=O) groups is 2. The summed E-state index contributed by atoms with van der Waals surface area (Å²) in [7, 11) is 1.27. The van der Waals surface area contributed by atoms with Crippen molar-refractivity contribution in [1.29, 1.82) is 0 Å². The summed E-state index contributed by atoms with van der Waals surface area (Å²) in [6.07, 6.45) is -0.0494. The Bertz CT molecular complexity index is 777. The van der Waals surface area contributed by atoms with E-state index in [2.05, 4.69) is 26.0 Å². The Hall–Kier alpha value is -2.26. The fraction of sp³-hybridized carbons (Fsp3) is 0.200. The Labute approximate surface area is 149 Å². The average Bonchev–Trinajstić information content (AvgIpc) is 3.04. The van der Waals surface area contributed by atoms with E-state index in [1.165, 1.54) is 19.2 Å². The zero-order chi connectivity index (χ0) is 17.7. The molecule has 7 nitrogen and oxygen atoms in total. The van der Waals surface area contributed by atoms with Gasteiger partial charge in [-0.1, -0.05) is 39.4 Å². The highest BCUT2D eigenvalue weighted by Gasteiger charge is 2.22. The Kier molecular flexibility index (Phi) is 6.04. The van der Waals surface area contributed by atoms with Gasteiger partial charge in [-0.2, -0.15) is 0 Å². The van der Waals surface area contributed by atoms with E-state index >= 15 is 0 Å². The van der Waals surface area contributed by atoms with Crippen LogP contribution < -0.4 is 5.32 Å². The minimum atomic E-state index is -0.608. The van der Waals surface area contributed by atoms with Crippen LogP contribution in [0.3, 0.4) is 0 Å². The lowest BCUT2D eigenvalue weighted by Crippen LogP contribution is -2.30. The van der Waals surface area contributed by atoms with Crippen molar-refractivity contribution in [2.24, 2.45) is 0 Å². The molecule has 9 heteroatoms. The number of hydrogen-bond acceptors (Lipinski definition) is 6. The molecular weight excluding hydrogens is 400 g/mol. The number of nitrogens with one attached hydrogen (secondary N) is 1. The summed E-state index contributed by atoms with van der Waals surface area (Å²) < 4.78 is 5.47. The summed E-state index contributed by atoms with van der Waals surface area (Å²) in [6, 6.07) is 9.21. The summed E-state index contributed by atoms with van der Waals surface area (Å²) in [5, 5.41) is 13.3. The third kappa shape index (κ3) is 4.62. The molecule has 1 aromatic heterocycles. The van der Waals surface area contributed by atoms with Gasteiger partial charge in [0.15, 0.2) is 0 Å². The number of rotatable bonds is 6. The monoisotopic (exact) mass is 412 g/mol. The SMILES string of the molecule is COC(=O)CC(NC(=O)c1ccc([N+](=O)[O-])s1)c1cccc(Br)c1. The minimum absolute atomic E-state index is 0.0494. The van der Waals surface area contributed by atoms with Gasteiger partial charge in [0.1, 0.15) is 0 Å². The molecule has 0 aliphatic carbocycles. The first-order chi connectivity index (χ1) is 11.4. The van der Waals surface area contributed by atoms with Gasteiger partial charge >= 0.3 is 11.0 Å². The molecule has 2 rings (SSSR count). The van der Waals surface area contributed by atoms with Crippen LogP contribution in [-0.4, -0.2) is 23.9 Å². The van der Waals surface area contributed by atoms with Crippen LogP contribution >= 0.6 is 27.3 Å². The van der Waals surface area contributed by atoms with Gasteiger partial charge < -0.3 is 10.1 Å². The van der Waals surface area contributed by atoms with Crippen LogP contribution in [-0.2, 0) is 9.53 Å². The van der Waals surface area contributed by atoms with Crippen LogP contribution in [0.25, 0.3) is 0 Å². The molecule has 1 N–H and O–H groups in total. The quantitative estimate of drug-likeness (QED) is 0.444. The Balaban J connectivity index is 2.21. The van der Waals surface area contributed by atoms with E-state index in [4.69, 9.17) is 0 Å². The number of methoxy groups -OCH3 is 1. The van der Waals surface area contributed by atoms with Crippen LogP contribution in [0.5, 0.6) is 0 Å². The molecule has 126 valence electrons. The lowest BCUT2D eigenvalue weighted by atomic mass is 10.0. The van der Waals surface area contributed by atoms with Crippen molar-refractivity contribution in [3.8, 4) is 0 Å². The van der Waals surface area contributed by atoms with Crippen molar-refractivity contribution >= 4 is 44.1 Å². The highest BCUT2D eigenvalue weighted by atomic mass is 79.9. The highest BCUT2D eigenvalue weighted by Crippen LogP contribution is 2.26. The van der Waals surface area contributed by atoms with Crippen molar-refractivity contribution in [3.63, 3.8) is 0 Å². The maximum absolute atomic E-state index is 12.3. The largest absolute Gasteiger partial charge is 0.469 e. The fourth-order valence-corrected chi connectivity index (χ4v) is 3.14. The van der Waals surface area contributed by atoms with Crippen molar-refractivity contribution in [2.45, 2.75) is 12.5 Å². The summed E-state index contributed by atoms with van der Waals surface area (Å²) in [5.74, 6) is -0.959. The number of esters is 1. The first-order valence-corrected chi connectivity index (χ1v) is 8.39. The molecule has 0 saturated heterocycles. The van der Waals surface area contributed by atoms with Gasteiger partial charge in [-0.25, -0.2) is 0 Å². The highest BCUT2D eigenvalue weighted by molar-refractivity contribution is 9.10. The number of ether oxygens (including phenoxy) is 1. The number of thiophene rings is 1. The molecule has 0 spiro atoms. The topological polar surface area (TPSA) is 98.5 Å². The van der Waals surface area contributed by atoms with E-state index in [9.17, 15) is 19.7 Å². The van der Waals surface area contributed by atoms with Crippen LogP contribution in [0.4, 0.5) is 5.00 Å². The minimum Gasteiger partial charge on any atom is -0.469 e. The molecule has 1 atom stereocenters. The summed E-state index contributed by atoms with van der Waals surface area (Å²) in [4.78, 5) is 34.3. The maximum atomic E-state index is 12.3. The van der Waals surface area contributed by atoms with Gasteiger partial charge in [0.2, 0.25) is 0 Å². The van der Waals surface area contributed by atoms with Gasteiger partial charge in [0.05, 0.1) is 29.4 Å². The molecule has 1 aromatic carbocycles. The predicted octanol–water partition coefficient (Wildman–Crippen LogP) is 3.45. The van der Waals surface area contributed by atoms with Gasteiger partial charge in [-0.3, -0.25) is 19.7 Å². The zero-order valence-corrected chi connectivity index (χ0v) is 14.9. The number of carbonyl (C=O) groups excluding carboxylic acids is 2. The van der Waals surface area contributed by atoms with Crippen LogP contribution in [0.1, 0.15) is 27.7 Å². The second-order valence-corrected chi connectivity index (χ2v) is 6.73. The molecule has 1 amide bonds. The van der Waals surface area contributed by atoms with Gasteiger partial charge in [-0.05, 0) is 23.8 Å². The smallest absolute Gasteiger partial charge is 0.324 e. The number of halogens is 1. The van der Waals surface area contributed by atoms with Crippen LogP contribution in [0.15, 0.2) is 40.9 Å². The Morgan fingerprint density at radius 2 is 2.12 bits per heavy atom. The van der Waals surface area contributed by atoms with Crippen LogP contribution in [0.2, 0.25) is 0 Å². The second-order valence-electron chi connectivity index (χ2n) is 4.76. The maximum Gasteiger partial charge on any atom is 0.324 e. The lowest BCUT2D eigenvalue weighted by Gasteiger charge is -2.18. The van der Waals surface area contributed by atoms with Crippen molar-refractivity contribution in [2.75, 3.05) is 7.11 Å². The molecule has 0 fully saturated rings. The lowest BCUT2D eigenvalue weighted by molar-refractivity contribution is -0.380. The first kappa shape index (κ1) is 18.1. The molecule has 0 saturated carbocycles. The molecule has 1 heterocycles. The van der Waals surface area contributed by atoms with Crippen molar-refractivity contribution < 1.29 is 19.2 Å². The Morgan fingerprint density at radius 1 is 1.38 bits per heavy atom. The molecule has 2 aromatic rings. The molecule has 0 radical (unpaired) electrons. The third-order valence-electron chi connectivity index (χ3n) is 3.15. The average molecular weight is 413 g/mol. The summed E-state index contributed by atoms with van der Waals surface area (Å²) in [6.45, 7) is 0. The van der Waals surface area contributed by atoms with E-state index in [1.807, 2.05) is 6.07 Å². The van der Waals surface area contributed by atoms with E-state index in [0.717, 1.165) is 15.8 Å². The zero-order valence-electron chi connectivity index (χ0n) is 12.5. The Morgan fingerprint density at radius 3 is 2.71 bits per heavy atom. The number of hydrogen-bond donors (Lipinski definition) is 1. The van der Waals surface area contributed by atoms with Crippen molar-refractivity contribution in [1.82, 2.24) is 5.32 Å². The van der Waals surface area contributed by atoms with Gasteiger partial charge in [-0.15, -0.1) is 0 Å². The first-order valence-electron chi connectivity index (χ1n) is 6.78. The van der Waals surface area contributed by atoms with Gasteiger partial charge in [0, 0.05) is 10.5 Å². The summed E-state index contributed by atoms with van der Waals surface area (Å²) in [5.41, 5.74) is 0.717. The molecule has 0 aliphatic rings. The van der Waals surface area contributed by atoms with E-state index < -0.39 is 22.8 Å². The molecule has 0 aliphatic heterocycles. The number of amides is 1. The number of benzene rings is 1. The van der Waals surface area contributed by atoms with Gasteiger partial charge in [0.25, 0.3) is 5.91 Å². The normalized spacial score (nSPS) is 11.6. The molecular formula is C15H13BrN2O5S. The third-order valence-corrected chi connectivity index (χ3v) is 4.68. The van der Waals surface area contributed by atoms with Crippen LogP contribution in [0, 0.1) is 10.1 Å². The van der Waals surface area contributed by atoms with E-state index in [1.54, 1.807) is 18.2 Å². The molecule has 1 unspecified atom stereocenters. The summed E-state index contributed by atoms with van der Waals surface area (Å²) >= 11 is 4.12. The predicted molar refractivity (Wildman–Crippen MR) is 92.0 cm³/mol. The number of nitro groups is 1. The number of nitrogens with zero attached hydrogens (tertiary/aromatic N) is 1. The second kappa shape index (κ2) is 8.02. The van der Waals surface area contributed by atoms with Crippen molar-refractivity contribution in [3.05, 3.63) is 61.4 Å².